The van der Waals surface area contributed by atoms with Crippen molar-refractivity contribution >= 4 is 9.24 Å². The van der Waals surface area contributed by atoms with Crippen LogP contribution in [-0.4, -0.2) is 5.11 Å². The minimum Gasteiger partial charge on any atom is -0.508 e. The second-order valence-electron chi connectivity index (χ2n) is 1.85. The molecule has 2 heteroatoms. The van der Waals surface area contributed by atoms with Gasteiger partial charge in [-0.15, -0.1) is 9.24 Å². The first-order valence-electron chi connectivity index (χ1n) is 2.65. The highest BCUT2D eigenvalue weighted by Gasteiger charge is 1.99. The van der Waals surface area contributed by atoms with Crippen molar-refractivity contribution in [3.8, 4) is 0 Å². The summed E-state index contributed by atoms with van der Waals surface area (Å²) < 4.78 is 0. The normalized spacial score (nSPS) is 19.6. The lowest BCUT2D eigenvalue weighted by atomic mass is 10.2. The van der Waals surface area contributed by atoms with Crippen molar-refractivity contribution < 1.29 is 5.11 Å². The Kier molecular flexibility index (Phi) is 1.69. The Balaban J connectivity index is 2.76. The lowest BCUT2D eigenvalue weighted by Gasteiger charge is -2.04. The van der Waals surface area contributed by atoms with Crippen molar-refractivity contribution in [1.82, 2.24) is 0 Å². The molecular weight excluding hydrogens is 119 g/mol. The molecule has 0 aromatic carbocycles. The van der Waals surface area contributed by atoms with Crippen LogP contribution in [0, 0.1) is 0 Å². The molecule has 1 unspecified atom stereocenters. The molecule has 1 rings (SSSR count). The van der Waals surface area contributed by atoms with E-state index in [-0.39, 0.29) is 0 Å². The van der Waals surface area contributed by atoms with Gasteiger partial charge in [-0.1, -0.05) is 6.08 Å². The van der Waals surface area contributed by atoms with Gasteiger partial charge in [0.15, 0.2) is 0 Å². The topological polar surface area (TPSA) is 20.2 Å². The molecule has 0 spiro atoms. The van der Waals surface area contributed by atoms with Gasteiger partial charge in [-0.3, -0.25) is 0 Å². The maximum Gasteiger partial charge on any atom is 0.118 e. The molecule has 0 aromatic rings. The lowest BCUT2D eigenvalue weighted by Crippen LogP contribution is -1.85. The zero-order valence-electron chi connectivity index (χ0n) is 4.59. The van der Waals surface area contributed by atoms with E-state index < -0.39 is 0 Å². The van der Waals surface area contributed by atoms with Crippen molar-refractivity contribution in [2.24, 2.45) is 0 Å². The predicted octanol–water partition coefficient (Wildman–Crippen LogP) is 1.98. The number of aliphatic hydroxyl groups is 1. The smallest absolute Gasteiger partial charge is 0.118 e. The van der Waals surface area contributed by atoms with E-state index in [9.17, 15) is 0 Å². The minimum atomic E-state index is 0.418. The average molecular weight is 128 g/mol. The fraction of sp³-hybridized carbons (Fsp3) is 0.333. The van der Waals surface area contributed by atoms with Crippen molar-refractivity contribution in [3.63, 3.8) is 0 Å². The number of rotatable bonds is 0. The zero-order chi connectivity index (χ0) is 5.98. The van der Waals surface area contributed by atoms with Crippen LogP contribution in [-0.2, 0) is 0 Å². The Morgan fingerprint density at radius 2 is 2.38 bits per heavy atom. The molecule has 1 N–H and O–H groups in total. The number of hydrogen-bond donors (Lipinski definition) is 1. The van der Waals surface area contributed by atoms with Crippen LogP contribution >= 0.6 is 9.24 Å². The quantitative estimate of drug-likeness (QED) is 0.494. The summed E-state index contributed by atoms with van der Waals surface area (Å²) in [6.07, 6.45) is 5.75. The highest BCUT2D eigenvalue weighted by atomic mass is 31.0. The van der Waals surface area contributed by atoms with Gasteiger partial charge in [0.1, 0.15) is 5.76 Å². The molecule has 0 bridgehead atoms. The van der Waals surface area contributed by atoms with E-state index in [2.05, 4.69) is 9.24 Å². The van der Waals surface area contributed by atoms with Crippen LogP contribution in [0.5, 0.6) is 0 Å². The summed E-state index contributed by atoms with van der Waals surface area (Å²) in [5, 5.41) is 9.97. The zero-order valence-corrected chi connectivity index (χ0v) is 5.75. The highest BCUT2D eigenvalue weighted by molar-refractivity contribution is 7.22. The standard InChI is InChI=1S/C6H9OP/c7-5-3-1-2-4-6(5)8/h1,3,7H,2,4,8H2. The van der Waals surface area contributed by atoms with Crippen LogP contribution in [0.1, 0.15) is 12.8 Å². The lowest BCUT2D eigenvalue weighted by molar-refractivity contribution is 0.425. The molecule has 1 atom stereocenters. The summed E-state index contributed by atoms with van der Waals surface area (Å²) in [6, 6.07) is 0. The van der Waals surface area contributed by atoms with Crippen molar-refractivity contribution in [3.05, 3.63) is 23.2 Å². The van der Waals surface area contributed by atoms with Crippen LogP contribution in [0.2, 0.25) is 0 Å². The predicted molar refractivity (Wildman–Crippen MR) is 37.7 cm³/mol. The summed E-state index contributed by atoms with van der Waals surface area (Å²) in [5.41, 5.74) is 0. The van der Waals surface area contributed by atoms with Crippen LogP contribution in [0.3, 0.4) is 0 Å². The van der Waals surface area contributed by atoms with E-state index in [1.165, 1.54) is 0 Å². The second kappa shape index (κ2) is 2.32. The molecule has 0 amide bonds. The van der Waals surface area contributed by atoms with E-state index in [0.29, 0.717) is 5.76 Å². The summed E-state index contributed by atoms with van der Waals surface area (Å²) >= 11 is 0. The molecule has 0 radical (unpaired) electrons. The summed E-state index contributed by atoms with van der Waals surface area (Å²) in [5.74, 6) is 0.418. The third-order valence-electron chi connectivity index (χ3n) is 1.19. The third-order valence-corrected chi connectivity index (χ3v) is 1.77. The Labute approximate surface area is 51.3 Å². The monoisotopic (exact) mass is 128 g/mol. The Bertz CT molecular complexity index is 147. The average Bonchev–Trinajstić information content (AvgIpc) is 1.77. The van der Waals surface area contributed by atoms with Crippen LogP contribution in [0.25, 0.3) is 0 Å². The fourth-order valence-electron chi connectivity index (χ4n) is 0.669. The fourth-order valence-corrected chi connectivity index (χ4v) is 0.932. The van der Waals surface area contributed by atoms with Crippen LogP contribution in [0.15, 0.2) is 23.2 Å². The molecule has 0 heterocycles. The van der Waals surface area contributed by atoms with Crippen molar-refractivity contribution in [2.45, 2.75) is 12.8 Å². The van der Waals surface area contributed by atoms with E-state index in [4.69, 9.17) is 5.11 Å². The van der Waals surface area contributed by atoms with Crippen LogP contribution < -0.4 is 0 Å². The van der Waals surface area contributed by atoms with Gasteiger partial charge in [-0.05, 0) is 24.2 Å². The van der Waals surface area contributed by atoms with E-state index in [1.54, 1.807) is 6.08 Å². The van der Waals surface area contributed by atoms with Crippen molar-refractivity contribution in [2.75, 3.05) is 0 Å². The highest BCUT2D eigenvalue weighted by Crippen LogP contribution is 2.21. The molecule has 0 fully saturated rings. The first kappa shape index (κ1) is 5.84. The number of allylic oxidation sites excluding steroid dienone is 3. The molecule has 1 aliphatic rings. The summed E-state index contributed by atoms with van der Waals surface area (Å²) in [6.45, 7) is 0. The van der Waals surface area contributed by atoms with Gasteiger partial charge in [0, 0.05) is 0 Å². The van der Waals surface area contributed by atoms with Crippen molar-refractivity contribution in [1.29, 1.82) is 0 Å². The molecule has 1 nitrogen and oxygen atoms in total. The maximum atomic E-state index is 8.95. The molecule has 44 valence electrons. The first-order chi connectivity index (χ1) is 3.80. The largest absolute Gasteiger partial charge is 0.508 e. The van der Waals surface area contributed by atoms with Gasteiger partial charge in [0.2, 0.25) is 0 Å². The molecule has 0 aliphatic heterocycles. The van der Waals surface area contributed by atoms with Gasteiger partial charge in [0.05, 0.1) is 0 Å². The molecule has 0 saturated heterocycles. The van der Waals surface area contributed by atoms with Gasteiger partial charge in [-0.2, -0.15) is 0 Å². The van der Waals surface area contributed by atoms with Gasteiger partial charge >= 0.3 is 0 Å². The molecule has 0 aromatic heterocycles. The maximum absolute atomic E-state index is 8.95. The molecule has 1 aliphatic carbocycles. The van der Waals surface area contributed by atoms with Crippen LogP contribution in [0.4, 0.5) is 0 Å². The van der Waals surface area contributed by atoms with E-state index >= 15 is 0 Å². The number of aliphatic hydroxyl groups excluding tert-OH is 1. The first-order valence-corrected chi connectivity index (χ1v) is 3.22. The minimum absolute atomic E-state index is 0.418. The molecule has 0 saturated carbocycles. The Morgan fingerprint density at radius 1 is 1.62 bits per heavy atom. The van der Waals surface area contributed by atoms with Gasteiger partial charge < -0.3 is 5.11 Å². The van der Waals surface area contributed by atoms with Gasteiger partial charge in [0.25, 0.3) is 0 Å². The number of hydrogen-bond acceptors (Lipinski definition) is 1. The summed E-state index contributed by atoms with van der Waals surface area (Å²) in [4.78, 5) is 0. The third kappa shape index (κ3) is 1.10. The Morgan fingerprint density at radius 3 is 2.75 bits per heavy atom. The van der Waals surface area contributed by atoms with E-state index in [1.807, 2.05) is 6.08 Å². The van der Waals surface area contributed by atoms with Gasteiger partial charge in [-0.25, -0.2) is 0 Å². The molecular formula is C6H9OP. The van der Waals surface area contributed by atoms with E-state index in [0.717, 1.165) is 18.2 Å². The molecule has 8 heavy (non-hydrogen) atoms. The SMILES string of the molecule is OC1=C(P)CCC=C1. The summed E-state index contributed by atoms with van der Waals surface area (Å²) in [7, 11) is 2.52. The second-order valence-corrected chi connectivity index (χ2v) is 2.55. The Hall–Kier alpha value is -0.290.